The van der Waals surface area contributed by atoms with Gasteiger partial charge in [-0.05, 0) is 58.3 Å². The van der Waals surface area contributed by atoms with E-state index in [1.54, 1.807) is 0 Å². The molecule has 2 heterocycles. The molecule has 0 spiro atoms. The third kappa shape index (κ3) is 5.74. The van der Waals surface area contributed by atoms with Crippen LogP contribution in [0.25, 0.3) is 0 Å². The molecule has 7 heteroatoms. The Hall–Kier alpha value is -1.57. The SMILES string of the molecule is CCCN1CCC(N2C[C@H](NCc3ccc(F)cc3F)C[C@H]2C(=O)NCC)CC1. The van der Waals surface area contributed by atoms with Crippen LogP contribution in [0.4, 0.5) is 8.78 Å². The van der Waals surface area contributed by atoms with Crippen LogP contribution in [0.15, 0.2) is 18.2 Å². The average molecular weight is 409 g/mol. The number of piperidine rings is 1. The van der Waals surface area contributed by atoms with Gasteiger partial charge in [-0.2, -0.15) is 0 Å². The molecule has 1 aromatic carbocycles. The number of carbonyl (C=O) groups is 1. The van der Waals surface area contributed by atoms with Crippen molar-refractivity contribution in [2.75, 3.05) is 32.7 Å². The Morgan fingerprint density at radius 2 is 1.97 bits per heavy atom. The topological polar surface area (TPSA) is 47.6 Å². The molecular weight excluding hydrogens is 374 g/mol. The highest BCUT2D eigenvalue weighted by Crippen LogP contribution is 2.27. The van der Waals surface area contributed by atoms with Crippen LogP contribution in [-0.2, 0) is 11.3 Å². The number of halogens is 2. The molecule has 3 rings (SSSR count). The third-order valence-corrected chi connectivity index (χ3v) is 6.16. The van der Waals surface area contributed by atoms with Crippen LogP contribution in [-0.4, -0.2) is 66.6 Å². The fourth-order valence-corrected chi connectivity index (χ4v) is 4.67. The predicted molar refractivity (Wildman–Crippen MR) is 111 cm³/mol. The van der Waals surface area contributed by atoms with Crippen LogP contribution in [0.1, 0.15) is 45.1 Å². The number of likely N-dealkylation sites (tertiary alicyclic amines) is 2. The van der Waals surface area contributed by atoms with Crippen molar-refractivity contribution in [3.63, 3.8) is 0 Å². The molecule has 1 aromatic rings. The molecule has 2 aliphatic heterocycles. The predicted octanol–water partition coefficient (Wildman–Crippen LogP) is 2.51. The van der Waals surface area contributed by atoms with Gasteiger partial charge in [0.2, 0.25) is 5.91 Å². The number of hydrogen-bond donors (Lipinski definition) is 2. The van der Waals surface area contributed by atoms with Crippen molar-refractivity contribution in [2.45, 2.75) is 64.2 Å². The van der Waals surface area contributed by atoms with Gasteiger partial charge >= 0.3 is 0 Å². The lowest BCUT2D eigenvalue weighted by Crippen LogP contribution is -2.51. The van der Waals surface area contributed by atoms with Gasteiger partial charge in [0.05, 0.1) is 6.04 Å². The molecule has 2 fully saturated rings. The number of nitrogens with zero attached hydrogens (tertiary/aromatic N) is 2. The summed E-state index contributed by atoms with van der Waals surface area (Å²) < 4.78 is 27.1. The van der Waals surface area contributed by atoms with E-state index in [0.29, 0.717) is 31.1 Å². The van der Waals surface area contributed by atoms with E-state index in [2.05, 4.69) is 27.4 Å². The van der Waals surface area contributed by atoms with Gasteiger partial charge in [-0.1, -0.05) is 13.0 Å². The monoisotopic (exact) mass is 408 g/mol. The molecule has 0 aromatic heterocycles. The fraction of sp³-hybridized carbons (Fsp3) is 0.682. The first kappa shape index (κ1) is 22.1. The van der Waals surface area contributed by atoms with E-state index < -0.39 is 11.6 Å². The first-order valence-corrected chi connectivity index (χ1v) is 10.9. The highest BCUT2D eigenvalue weighted by Gasteiger charge is 2.40. The van der Waals surface area contributed by atoms with Crippen LogP contribution in [0.5, 0.6) is 0 Å². The normalized spacial score (nSPS) is 24.1. The number of nitrogens with one attached hydrogen (secondary N) is 2. The maximum Gasteiger partial charge on any atom is 0.237 e. The van der Waals surface area contributed by atoms with Gasteiger partial charge in [-0.3, -0.25) is 9.69 Å². The molecule has 2 aliphatic rings. The van der Waals surface area contributed by atoms with Gasteiger partial charge in [-0.15, -0.1) is 0 Å². The lowest BCUT2D eigenvalue weighted by molar-refractivity contribution is -0.126. The van der Waals surface area contributed by atoms with Crippen LogP contribution < -0.4 is 10.6 Å². The van der Waals surface area contributed by atoms with Crippen molar-refractivity contribution >= 4 is 5.91 Å². The summed E-state index contributed by atoms with van der Waals surface area (Å²) in [7, 11) is 0. The minimum absolute atomic E-state index is 0.0840. The van der Waals surface area contributed by atoms with E-state index in [1.165, 1.54) is 18.6 Å². The Bertz CT molecular complexity index is 679. The summed E-state index contributed by atoms with van der Waals surface area (Å²) in [5.41, 5.74) is 0.451. The Balaban J connectivity index is 1.61. The quantitative estimate of drug-likeness (QED) is 0.694. The van der Waals surface area contributed by atoms with Gasteiger partial charge in [0.15, 0.2) is 0 Å². The molecule has 162 valence electrons. The Labute approximate surface area is 172 Å². The lowest BCUT2D eigenvalue weighted by Gasteiger charge is -2.38. The van der Waals surface area contributed by atoms with Gasteiger partial charge < -0.3 is 15.5 Å². The van der Waals surface area contributed by atoms with Crippen LogP contribution in [0.2, 0.25) is 0 Å². The highest BCUT2D eigenvalue weighted by atomic mass is 19.1. The number of benzene rings is 1. The second kappa shape index (κ2) is 10.5. The molecule has 2 saturated heterocycles. The maximum absolute atomic E-state index is 13.9. The van der Waals surface area contributed by atoms with E-state index >= 15 is 0 Å². The molecular formula is C22H34F2N4O. The van der Waals surface area contributed by atoms with Gasteiger partial charge in [0, 0.05) is 43.3 Å². The van der Waals surface area contributed by atoms with Gasteiger partial charge in [0.25, 0.3) is 0 Å². The molecule has 0 unspecified atom stereocenters. The van der Waals surface area contributed by atoms with Crippen molar-refractivity contribution in [2.24, 2.45) is 0 Å². The fourth-order valence-electron chi connectivity index (χ4n) is 4.67. The van der Waals surface area contributed by atoms with Crippen molar-refractivity contribution in [1.82, 2.24) is 20.4 Å². The van der Waals surface area contributed by atoms with Crippen LogP contribution in [0, 0.1) is 11.6 Å². The van der Waals surface area contributed by atoms with Crippen molar-refractivity contribution in [3.05, 3.63) is 35.4 Å². The molecule has 2 atom stereocenters. The Morgan fingerprint density at radius 1 is 1.21 bits per heavy atom. The van der Waals surface area contributed by atoms with Gasteiger partial charge in [0.1, 0.15) is 11.6 Å². The molecule has 0 saturated carbocycles. The second-order valence-corrected chi connectivity index (χ2v) is 8.23. The summed E-state index contributed by atoms with van der Waals surface area (Å²) in [6, 6.07) is 4.05. The molecule has 0 radical (unpaired) electrons. The van der Waals surface area contributed by atoms with Crippen LogP contribution in [0.3, 0.4) is 0 Å². The standard InChI is InChI=1S/C22H34F2N4O/c1-3-9-27-10-7-19(8-11-27)28-15-18(13-21(28)22(29)25-4-2)26-14-16-5-6-17(23)12-20(16)24/h5-6,12,18-19,21,26H,3-4,7-11,13-15H2,1-2H3,(H,25,29)/t18-,21+/m1/s1. The first-order valence-electron chi connectivity index (χ1n) is 10.9. The zero-order chi connectivity index (χ0) is 20.8. The smallest absolute Gasteiger partial charge is 0.237 e. The summed E-state index contributed by atoms with van der Waals surface area (Å²) in [6.07, 6.45) is 4.04. The zero-order valence-electron chi connectivity index (χ0n) is 17.6. The van der Waals surface area contributed by atoms with Crippen molar-refractivity contribution in [3.8, 4) is 0 Å². The number of rotatable bonds is 8. The number of likely N-dealkylation sites (N-methyl/N-ethyl adjacent to an activating group) is 1. The molecule has 0 bridgehead atoms. The van der Waals surface area contributed by atoms with Crippen LogP contribution >= 0.6 is 0 Å². The average Bonchev–Trinajstić information content (AvgIpc) is 3.13. The number of hydrogen-bond acceptors (Lipinski definition) is 4. The van der Waals surface area contributed by atoms with E-state index in [9.17, 15) is 13.6 Å². The summed E-state index contributed by atoms with van der Waals surface area (Å²) >= 11 is 0. The van der Waals surface area contributed by atoms with E-state index in [1.807, 2.05) is 6.92 Å². The van der Waals surface area contributed by atoms with Crippen molar-refractivity contribution in [1.29, 1.82) is 0 Å². The summed E-state index contributed by atoms with van der Waals surface area (Å²) in [4.78, 5) is 17.5. The molecule has 0 aliphatic carbocycles. The van der Waals surface area contributed by atoms with Crippen molar-refractivity contribution < 1.29 is 13.6 Å². The molecule has 29 heavy (non-hydrogen) atoms. The molecule has 2 N–H and O–H groups in total. The van der Waals surface area contributed by atoms with E-state index in [0.717, 1.165) is 45.1 Å². The first-order chi connectivity index (χ1) is 14.0. The highest BCUT2D eigenvalue weighted by molar-refractivity contribution is 5.82. The summed E-state index contributed by atoms with van der Waals surface area (Å²) in [5.74, 6) is -1.01. The van der Waals surface area contributed by atoms with E-state index in [-0.39, 0.29) is 18.0 Å². The zero-order valence-corrected chi connectivity index (χ0v) is 17.6. The minimum atomic E-state index is -0.566. The maximum atomic E-state index is 13.9. The molecule has 1 amide bonds. The minimum Gasteiger partial charge on any atom is -0.355 e. The summed E-state index contributed by atoms with van der Waals surface area (Å²) in [6.45, 7) is 9.18. The van der Waals surface area contributed by atoms with Gasteiger partial charge in [-0.25, -0.2) is 8.78 Å². The Morgan fingerprint density at radius 3 is 2.62 bits per heavy atom. The second-order valence-electron chi connectivity index (χ2n) is 8.23. The van der Waals surface area contributed by atoms with E-state index in [4.69, 9.17) is 0 Å². The molecule has 5 nitrogen and oxygen atoms in total. The summed E-state index contributed by atoms with van der Waals surface area (Å²) in [5, 5.41) is 6.36. The lowest BCUT2D eigenvalue weighted by atomic mass is 10.0. The number of amides is 1. The number of carbonyl (C=O) groups excluding carboxylic acids is 1. The Kier molecular flexibility index (Phi) is 7.98. The third-order valence-electron chi connectivity index (χ3n) is 6.16. The largest absolute Gasteiger partial charge is 0.355 e.